The molecule has 0 amide bonds. The lowest BCUT2D eigenvalue weighted by molar-refractivity contribution is 0.112. The van der Waals surface area contributed by atoms with E-state index in [1.54, 1.807) is 0 Å². The molecule has 2 heteroatoms. The van der Waals surface area contributed by atoms with Crippen LogP contribution >= 0.6 is 12.6 Å². The molecule has 1 nitrogen and oxygen atoms in total. The van der Waals surface area contributed by atoms with Crippen molar-refractivity contribution in [3.05, 3.63) is 0 Å². The van der Waals surface area contributed by atoms with E-state index in [0.29, 0.717) is 0 Å². The molecule has 0 aromatic carbocycles. The van der Waals surface area contributed by atoms with Crippen molar-refractivity contribution < 1.29 is 0 Å². The quantitative estimate of drug-likeness (QED) is 0.538. The molecule has 0 aliphatic carbocycles. The molecule has 0 spiro atoms. The Bertz CT molecular complexity index is 161. The van der Waals surface area contributed by atoms with Crippen molar-refractivity contribution in [2.24, 2.45) is 5.92 Å². The van der Waals surface area contributed by atoms with Gasteiger partial charge < -0.3 is 4.90 Å². The van der Waals surface area contributed by atoms with E-state index in [1.165, 1.54) is 51.6 Å². The lowest BCUT2D eigenvalue weighted by Gasteiger charge is -2.37. The molecule has 0 aromatic rings. The van der Waals surface area contributed by atoms with Gasteiger partial charge in [-0.05, 0) is 57.4 Å². The molecule has 0 aromatic heterocycles. The second-order valence-electron chi connectivity index (χ2n) is 5.03. The van der Waals surface area contributed by atoms with Gasteiger partial charge in [-0.1, -0.05) is 19.8 Å². The maximum atomic E-state index is 4.24. The van der Waals surface area contributed by atoms with Crippen molar-refractivity contribution >= 4 is 12.6 Å². The fraction of sp³-hybridized carbons (Fsp3) is 1.00. The van der Waals surface area contributed by atoms with E-state index in [4.69, 9.17) is 0 Å². The summed E-state index contributed by atoms with van der Waals surface area (Å²) in [4.78, 5) is 2.69. The topological polar surface area (TPSA) is 3.24 Å². The highest BCUT2D eigenvalue weighted by Gasteiger charge is 2.23. The third-order valence-electron chi connectivity index (χ3n) is 3.86. The van der Waals surface area contributed by atoms with Crippen molar-refractivity contribution in [3.63, 3.8) is 0 Å². The molecular weight excluding hydrogens is 202 g/mol. The van der Waals surface area contributed by atoms with E-state index in [2.05, 4.69) is 31.4 Å². The second-order valence-corrected chi connectivity index (χ2v) is 5.48. The monoisotopic (exact) mass is 229 g/mol. The number of likely N-dealkylation sites (tertiary alicyclic amines) is 1. The van der Waals surface area contributed by atoms with Gasteiger partial charge in [0, 0.05) is 6.04 Å². The zero-order valence-electron chi connectivity index (χ0n) is 10.4. The third-order valence-corrected chi connectivity index (χ3v) is 4.17. The van der Waals surface area contributed by atoms with Crippen LogP contribution in [-0.4, -0.2) is 29.8 Å². The van der Waals surface area contributed by atoms with Crippen LogP contribution in [0.3, 0.4) is 0 Å². The van der Waals surface area contributed by atoms with E-state index in [0.717, 1.165) is 17.7 Å². The van der Waals surface area contributed by atoms with E-state index in [9.17, 15) is 0 Å². The van der Waals surface area contributed by atoms with Crippen LogP contribution < -0.4 is 0 Å². The number of unbranched alkanes of at least 4 members (excludes halogenated alkanes) is 3. The Labute approximate surface area is 101 Å². The summed E-state index contributed by atoms with van der Waals surface area (Å²) in [5, 5.41) is 0. The number of piperidine rings is 1. The predicted octanol–water partition coefficient (Wildman–Crippen LogP) is 3.60. The summed E-state index contributed by atoms with van der Waals surface area (Å²) in [6.07, 6.45) is 8.25. The highest BCUT2D eigenvalue weighted by Crippen LogP contribution is 2.23. The van der Waals surface area contributed by atoms with Crippen LogP contribution in [-0.2, 0) is 0 Å². The number of thiol groups is 1. The Morgan fingerprint density at radius 3 is 2.60 bits per heavy atom. The van der Waals surface area contributed by atoms with Gasteiger partial charge in [0.05, 0.1) is 0 Å². The molecule has 1 aliphatic heterocycles. The first-order valence-electron chi connectivity index (χ1n) is 6.60. The van der Waals surface area contributed by atoms with Crippen LogP contribution in [0.25, 0.3) is 0 Å². The van der Waals surface area contributed by atoms with Crippen molar-refractivity contribution in [1.82, 2.24) is 4.90 Å². The Morgan fingerprint density at radius 2 is 1.87 bits per heavy atom. The molecule has 15 heavy (non-hydrogen) atoms. The summed E-state index contributed by atoms with van der Waals surface area (Å²) < 4.78 is 0. The Balaban J connectivity index is 2.09. The van der Waals surface area contributed by atoms with Crippen molar-refractivity contribution in [2.75, 3.05) is 18.8 Å². The van der Waals surface area contributed by atoms with Crippen LogP contribution in [0, 0.1) is 5.92 Å². The molecule has 0 radical (unpaired) electrons. The van der Waals surface area contributed by atoms with Gasteiger partial charge in [-0.2, -0.15) is 12.6 Å². The SMILES string of the molecule is CC1CCCN(CCCCCCS)C1C. The van der Waals surface area contributed by atoms with Gasteiger partial charge in [0.15, 0.2) is 0 Å². The molecule has 90 valence electrons. The average molecular weight is 229 g/mol. The highest BCUT2D eigenvalue weighted by atomic mass is 32.1. The van der Waals surface area contributed by atoms with E-state index in [1.807, 2.05) is 0 Å². The number of rotatable bonds is 6. The van der Waals surface area contributed by atoms with Gasteiger partial charge >= 0.3 is 0 Å². The van der Waals surface area contributed by atoms with Gasteiger partial charge in [0.25, 0.3) is 0 Å². The zero-order chi connectivity index (χ0) is 11.1. The van der Waals surface area contributed by atoms with Crippen LogP contribution in [0.2, 0.25) is 0 Å². The highest BCUT2D eigenvalue weighted by molar-refractivity contribution is 7.80. The molecule has 2 atom stereocenters. The minimum Gasteiger partial charge on any atom is -0.300 e. The van der Waals surface area contributed by atoms with E-state index in [-0.39, 0.29) is 0 Å². The van der Waals surface area contributed by atoms with Crippen LogP contribution in [0.5, 0.6) is 0 Å². The largest absolute Gasteiger partial charge is 0.300 e. The maximum Gasteiger partial charge on any atom is 0.00925 e. The fourth-order valence-corrected chi connectivity index (χ4v) is 2.74. The lowest BCUT2D eigenvalue weighted by Crippen LogP contribution is -2.42. The summed E-state index contributed by atoms with van der Waals surface area (Å²) in [6, 6.07) is 0.809. The van der Waals surface area contributed by atoms with E-state index >= 15 is 0 Å². The van der Waals surface area contributed by atoms with Crippen LogP contribution in [0.1, 0.15) is 52.4 Å². The minimum absolute atomic E-state index is 0.809. The number of nitrogens with zero attached hydrogens (tertiary/aromatic N) is 1. The second kappa shape index (κ2) is 7.56. The summed E-state index contributed by atoms with van der Waals surface area (Å²) in [7, 11) is 0. The Kier molecular flexibility index (Phi) is 6.74. The summed E-state index contributed by atoms with van der Waals surface area (Å²) in [5.74, 6) is 1.95. The average Bonchev–Trinajstić information content (AvgIpc) is 2.24. The molecule has 1 aliphatic rings. The molecule has 2 unspecified atom stereocenters. The van der Waals surface area contributed by atoms with Crippen molar-refractivity contribution in [1.29, 1.82) is 0 Å². The predicted molar refractivity (Wildman–Crippen MR) is 71.8 cm³/mol. The normalized spacial score (nSPS) is 28.2. The summed E-state index contributed by atoms with van der Waals surface area (Å²) in [6.45, 7) is 7.45. The number of hydrogen-bond donors (Lipinski definition) is 1. The third kappa shape index (κ3) is 4.78. The standard InChI is InChI=1S/C13H27NS/c1-12-8-7-10-14(13(12)2)9-5-3-4-6-11-15/h12-13,15H,3-11H2,1-2H3. The Morgan fingerprint density at radius 1 is 1.13 bits per heavy atom. The molecule has 0 N–H and O–H groups in total. The van der Waals surface area contributed by atoms with Gasteiger partial charge in [-0.25, -0.2) is 0 Å². The molecule has 0 saturated carbocycles. The zero-order valence-corrected chi connectivity index (χ0v) is 11.3. The first kappa shape index (κ1) is 13.4. The van der Waals surface area contributed by atoms with Gasteiger partial charge in [0.2, 0.25) is 0 Å². The molecular formula is C13H27NS. The summed E-state index contributed by atoms with van der Waals surface area (Å²) in [5.41, 5.74) is 0. The fourth-order valence-electron chi connectivity index (χ4n) is 2.52. The Hall–Kier alpha value is 0.310. The van der Waals surface area contributed by atoms with E-state index < -0.39 is 0 Å². The van der Waals surface area contributed by atoms with Crippen molar-refractivity contribution in [2.45, 2.75) is 58.4 Å². The molecule has 0 bridgehead atoms. The molecule has 1 saturated heterocycles. The van der Waals surface area contributed by atoms with Crippen LogP contribution in [0.15, 0.2) is 0 Å². The van der Waals surface area contributed by atoms with Gasteiger partial charge in [-0.3, -0.25) is 0 Å². The summed E-state index contributed by atoms with van der Waals surface area (Å²) >= 11 is 4.24. The first-order chi connectivity index (χ1) is 7.25. The first-order valence-corrected chi connectivity index (χ1v) is 7.24. The van der Waals surface area contributed by atoms with Crippen LogP contribution in [0.4, 0.5) is 0 Å². The van der Waals surface area contributed by atoms with Gasteiger partial charge in [-0.15, -0.1) is 0 Å². The molecule has 1 fully saturated rings. The minimum atomic E-state index is 0.809. The van der Waals surface area contributed by atoms with Crippen molar-refractivity contribution in [3.8, 4) is 0 Å². The maximum absolute atomic E-state index is 4.24. The molecule has 1 heterocycles. The van der Waals surface area contributed by atoms with Gasteiger partial charge in [0.1, 0.15) is 0 Å². The lowest BCUT2D eigenvalue weighted by atomic mass is 9.92. The smallest absolute Gasteiger partial charge is 0.00925 e. The number of hydrogen-bond acceptors (Lipinski definition) is 2. The molecule has 1 rings (SSSR count).